The molecular formula is C11H8N4O2. The van der Waals surface area contributed by atoms with E-state index in [1.54, 1.807) is 24.4 Å². The van der Waals surface area contributed by atoms with Gasteiger partial charge in [0.05, 0.1) is 11.7 Å². The van der Waals surface area contributed by atoms with Gasteiger partial charge in [-0.05, 0) is 12.1 Å². The van der Waals surface area contributed by atoms with Crippen LogP contribution in [0.25, 0.3) is 10.9 Å². The highest BCUT2D eigenvalue weighted by Gasteiger charge is 2.08. The largest absolute Gasteiger partial charge is 0.363 e. The maximum absolute atomic E-state index is 11.9. The van der Waals surface area contributed by atoms with Crippen LogP contribution in [0.15, 0.2) is 41.2 Å². The van der Waals surface area contributed by atoms with Gasteiger partial charge in [0.25, 0.3) is 5.91 Å². The zero-order valence-electron chi connectivity index (χ0n) is 8.68. The Kier molecular flexibility index (Phi) is 2.11. The van der Waals surface area contributed by atoms with Crippen molar-refractivity contribution in [2.24, 2.45) is 0 Å². The minimum absolute atomic E-state index is 0.240. The van der Waals surface area contributed by atoms with Crippen molar-refractivity contribution in [3.63, 3.8) is 0 Å². The lowest BCUT2D eigenvalue weighted by atomic mass is 10.1. The molecule has 6 heteroatoms. The first-order valence-corrected chi connectivity index (χ1v) is 4.98. The van der Waals surface area contributed by atoms with Gasteiger partial charge in [0, 0.05) is 17.0 Å². The van der Waals surface area contributed by atoms with Crippen LogP contribution in [0.2, 0.25) is 0 Å². The molecule has 0 saturated carbocycles. The third-order valence-electron chi connectivity index (χ3n) is 2.38. The third-order valence-corrected chi connectivity index (χ3v) is 2.38. The first kappa shape index (κ1) is 9.59. The van der Waals surface area contributed by atoms with E-state index in [2.05, 4.69) is 25.2 Å². The van der Waals surface area contributed by atoms with E-state index >= 15 is 0 Å². The van der Waals surface area contributed by atoms with E-state index in [0.29, 0.717) is 11.4 Å². The summed E-state index contributed by atoms with van der Waals surface area (Å²) >= 11 is 0. The molecule has 0 radical (unpaired) electrons. The number of aromatic amines is 1. The molecule has 1 aromatic carbocycles. The SMILES string of the molecule is O=C(Nc1ccon1)c1ccc2cn[nH]c2c1. The zero-order valence-corrected chi connectivity index (χ0v) is 8.68. The highest BCUT2D eigenvalue weighted by molar-refractivity contribution is 6.05. The summed E-state index contributed by atoms with van der Waals surface area (Å²) < 4.78 is 4.63. The standard InChI is InChI=1S/C11H8N4O2/c16-11(13-10-3-4-17-15-10)7-1-2-8-6-12-14-9(8)5-7/h1-6H,(H,12,14)(H,13,15,16). The first-order valence-electron chi connectivity index (χ1n) is 4.98. The number of carbonyl (C=O) groups is 1. The van der Waals surface area contributed by atoms with Crippen LogP contribution >= 0.6 is 0 Å². The molecular weight excluding hydrogens is 220 g/mol. The van der Waals surface area contributed by atoms with Crippen LogP contribution in [0.1, 0.15) is 10.4 Å². The number of nitrogens with zero attached hydrogens (tertiary/aromatic N) is 2. The summed E-state index contributed by atoms with van der Waals surface area (Å²) in [6.45, 7) is 0. The van der Waals surface area contributed by atoms with Crippen molar-refractivity contribution in [2.75, 3.05) is 5.32 Å². The quantitative estimate of drug-likeness (QED) is 0.700. The minimum Gasteiger partial charge on any atom is -0.363 e. The smallest absolute Gasteiger partial charge is 0.256 e. The topological polar surface area (TPSA) is 83.8 Å². The molecule has 1 amide bonds. The molecule has 0 fully saturated rings. The van der Waals surface area contributed by atoms with Crippen LogP contribution in [0.5, 0.6) is 0 Å². The van der Waals surface area contributed by atoms with E-state index in [1.165, 1.54) is 6.26 Å². The summed E-state index contributed by atoms with van der Waals surface area (Å²) in [5, 5.41) is 13.9. The molecule has 0 unspecified atom stereocenters. The van der Waals surface area contributed by atoms with Gasteiger partial charge in [-0.2, -0.15) is 5.10 Å². The number of H-pyrrole nitrogens is 1. The first-order chi connectivity index (χ1) is 8.33. The van der Waals surface area contributed by atoms with E-state index in [0.717, 1.165) is 10.9 Å². The van der Waals surface area contributed by atoms with Crippen LogP contribution in [0, 0.1) is 0 Å². The Labute approximate surface area is 95.6 Å². The second-order valence-electron chi connectivity index (χ2n) is 3.51. The average Bonchev–Trinajstić information content (AvgIpc) is 2.97. The van der Waals surface area contributed by atoms with E-state index < -0.39 is 0 Å². The lowest BCUT2D eigenvalue weighted by Gasteiger charge is -2.00. The summed E-state index contributed by atoms with van der Waals surface area (Å²) in [7, 11) is 0. The zero-order chi connectivity index (χ0) is 11.7. The fourth-order valence-corrected chi connectivity index (χ4v) is 1.54. The second kappa shape index (κ2) is 3.75. The molecule has 6 nitrogen and oxygen atoms in total. The Hall–Kier alpha value is -2.63. The van der Waals surface area contributed by atoms with Crippen molar-refractivity contribution in [3.05, 3.63) is 42.3 Å². The van der Waals surface area contributed by atoms with Gasteiger partial charge < -0.3 is 9.84 Å². The lowest BCUT2D eigenvalue weighted by molar-refractivity contribution is 0.102. The van der Waals surface area contributed by atoms with Crippen molar-refractivity contribution < 1.29 is 9.32 Å². The molecule has 84 valence electrons. The molecule has 0 spiro atoms. The molecule has 0 atom stereocenters. The van der Waals surface area contributed by atoms with E-state index in [9.17, 15) is 4.79 Å². The van der Waals surface area contributed by atoms with Gasteiger partial charge in [0.15, 0.2) is 5.82 Å². The number of fused-ring (bicyclic) bond motifs is 1. The molecule has 0 saturated heterocycles. The van der Waals surface area contributed by atoms with Gasteiger partial charge in [0.2, 0.25) is 0 Å². The van der Waals surface area contributed by atoms with Gasteiger partial charge >= 0.3 is 0 Å². The predicted octanol–water partition coefficient (Wildman–Crippen LogP) is 1.80. The molecule has 0 aliphatic carbocycles. The second-order valence-corrected chi connectivity index (χ2v) is 3.51. The maximum atomic E-state index is 11.9. The minimum atomic E-state index is -0.240. The monoisotopic (exact) mass is 228 g/mol. The Morgan fingerprint density at radius 1 is 1.35 bits per heavy atom. The van der Waals surface area contributed by atoms with Crippen molar-refractivity contribution in [1.29, 1.82) is 0 Å². The van der Waals surface area contributed by atoms with E-state index in [4.69, 9.17) is 0 Å². The highest BCUT2D eigenvalue weighted by Crippen LogP contribution is 2.14. The molecule has 2 heterocycles. The third kappa shape index (κ3) is 1.76. The fourth-order valence-electron chi connectivity index (χ4n) is 1.54. The Morgan fingerprint density at radius 2 is 2.29 bits per heavy atom. The number of amides is 1. The van der Waals surface area contributed by atoms with Crippen LogP contribution in [0.4, 0.5) is 5.82 Å². The summed E-state index contributed by atoms with van der Waals surface area (Å²) in [6.07, 6.45) is 3.10. The van der Waals surface area contributed by atoms with Crippen molar-refractivity contribution in [3.8, 4) is 0 Å². The van der Waals surface area contributed by atoms with Crippen LogP contribution in [0.3, 0.4) is 0 Å². The molecule has 3 rings (SSSR count). The molecule has 0 bridgehead atoms. The molecule has 2 N–H and O–H groups in total. The van der Waals surface area contributed by atoms with Gasteiger partial charge in [-0.3, -0.25) is 9.89 Å². The number of aromatic nitrogens is 3. The number of hydrogen-bond donors (Lipinski definition) is 2. The number of carbonyl (C=O) groups excluding carboxylic acids is 1. The maximum Gasteiger partial charge on any atom is 0.256 e. The lowest BCUT2D eigenvalue weighted by Crippen LogP contribution is -2.11. The van der Waals surface area contributed by atoms with Crippen LogP contribution in [-0.4, -0.2) is 21.3 Å². The molecule has 2 aromatic heterocycles. The average molecular weight is 228 g/mol. The van der Waals surface area contributed by atoms with Crippen molar-refractivity contribution in [2.45, 2.75) is 0 Å². The Bertz CT molecular complexity index is 657. The number of benzene rings is 1. The van der Waals surface area contributed by atoms with Gasteiger partial charge in [-0.15, -0.1) is 0 Å². The van der Waals surface area contributed by atoms with Crippen LogP contribution < -0.4 is 5.32 Å². The number of rotatable bonds is 2. The van der Waals surface area contributed by atoms with Gasteiger partial charge in [-0.1, -0.05) is 11.2 Å². The number of anilines is 1. The van der Waals surface area contributed by atoms with Gasteiger partial charge in [-0.25, -0.2) is 0 Å². The Morgan fingerprint density at radius 3 is 3.12 bits per heavy atom. The Balaban J connectivity index is 1.90. The molecule has 0 aliphatic heterocycles. The summed E-state index contributed by atoms with van der Waals surface area (Å²) in [5.41, 5.74) is 1.35. The molecule has 0 aliphatic rings. The number of hydrogen-bond acceptors (Lipinski definition) is 4. The number of nitrogens with one attached hydrogen (secondary N) is 2. The van der Waals surface area contributed by atoms with Crippen molar-refractivity contribution >= 4 is 22.6 Å². The molecule has 3 aromatic rings. The van der Waals surface area contributed by atoms with Gasteiger partial charge in [0.1, 0.15) is 6.26 Å². The van der Waals surface area contributed by atoms with E-state index in [-0.39, 0.29) is 5.91 Å². The van der Waals surface area contributed by atoms with E-state index in [1.807, 2.05) is 6.07 Å². The van der Waals surface area contributed by atoms with Crippen LogP contribution in [-0.2, 0) is 0 Å². The normalized spacial score (nSPS) is 10.6. The summed E-state index contributed by atoms with van der Waals surface area (Å²) in [5.74, 6) is 0.148. The summed E-state index contributed by atoms with van der Waals surface area (Å²) in [4.78, 5) is 11.9. The van der Waals surface area contributed by atoms with Crippen molar-refractivity contribution in [1.82, 2.24) is 15.4 Å². The predicted molar refractivity (Wildman–Crippen MR) is 60.5 cm³/mol. The summed E-state index contributed by atoms with van der Waals surface area (Å²) in [6, 6.07) is 6.87. The molecule has 17 heavy (non-hydrogen) atoms. The highest BCUT2D eigenvalue weighted by atomic mass is 16.5. The fraction of sp³-hybridized carbons (Fsp3) is 0.